The van der Waals surface area contributed by atoms with E-state index < -0.39 is 11.4 Å². The lowest BCUT2D eigenvalue weighted by molar-refractivity contribution is 0.529. The molecule has 1 atom stereocenters. The van der Waals surface area contributed by atoms with E-state index in [9.17, 15) is 9.59 Å². The van der Waals surface area contributed by atoms with Crippen LogP contribution in [-0.4, -0.2) is 14.5 Å². The first kappa shape index (κ1) is 15.5. The minimum Gasteiger partial charge on any atom is -0.349 e. The molecule has 1 aliphatic rings. The number of aromatic nitrogens is 3. The monoisotopic (exact) mass is 314 g/mol. The molecule has 3 rings (SSSR count). The summed E-state index contributed by atoms with van der Waals surface area (Å²) in [6.07, 6.45) is 2.52. The van der Waals surface area contributed by atoms with Gasteiger partial charge in [-0.05, 0) is 50.7 Å². The molecule has 6 nitrogen and oxygen atoms in total. The molecule has 1 aromatic carbocycles. The smallest absolute Gasteiger partial charge is 0.349 e. The summed E-state index contributed by atoms with van der Waals surface area (Å²) in [6, 6.07) is 8.15. The second-order valence-corrected chi connectivity index (χ2v) is 6.45. The van der Waals surface area contributed by atoms with E-state index in [0.29, 0.717) is 5.92 Å². The summed E-state index contributed by atoms with van der Waals surface area (Å²) in [7, 11) is 0. The summed E-state index contributed by atoms with van der Waals surface area (Å²) in [5, 5.41) is 3.11. The Morgan fingerprint density at radius 1 is 1.26 bits per heavy atom. The largest absolute Gasteiger partial charge is 0.355 e. The van der Waals surface area contributed by atoms with Gasteiger partial charge in [0.1, 0.15) is 0 Å². The first-order valence-corrected chi connectivity index (χ1v) is 8.05. The Balaban J connectivity index is 1.83. The molecular formula is C17H22N4O2. The van der Waals surface area contributed by atoms with Gasteiger partial charge in [-0.2, -0.15) is 4.98 Å². The molecular weight excluding hydrogens is 292 g/mol. The molecule has 1 heterocycles. The maximum absolute atomic E-state index is 12.0. The van der Waals surface area contributed by atoms with E-state index in [4.69, 9.17) is 0 Å². The van der Waals surface area contributed by atoms with E-state index in [2.05, 4.69) is 27.4 Å². The average molecular weight is 314 g/mol. The van der Waals surface area contributed by atoms with Crippen LogP contribution >= 0.6 is 0 Å². The molecule has 122 valence electrons. The van der Waals surface area contributed by atoms with Crippen LogP contribution in [0.25, 0.3) is 0 Å². The fourth-order valence-electron chi connectivity index (χ4n) is 2.74. The Hall–Kier alpha value is -2.37. The molecule has 0 unspecified atom stereocenters. The molecule has 1 aliphatic carbocycles. The van der Waals surface area contributed by atoms with Crippen LogP contribution in [-0.2, 0) is 0 Å². The zero-order chi connectivity index (χ0) is 16.6. The first-order valence-electron chi connectivity index (χ1n) is 8.05. The number of anilines is 1. The van der Waals surface area contributed by atoms with Gasteiger partial charge in [0.25, 0.3) is 0 Å². The van der Waals surface area contributed by atoms with Crippen LogP contribution in [0.3, 0.4) is 0 Å². The standard InChI is InChI=1S/C17H22N4O2/c1-10(2)21-16(22)19-15(20-17(21)23)18-11(3)13-5-4-6-14(9-13)12-7-8-12/h4-6,9-12H,7-8H2,1-3H3,(H2,18,19,20,22,23)/t11-/m0/s1. The molecule has 2 aromatic rings. The molecule has 0 spiro atoms. The van der Waals surface area contributed by atoms with Crippen molar-refractivity contribution in [3.05, 3.63) is 56.4 Å². The maximum atomic E-state index is 12.0. The Morgan fingerprint density at radius 2 is 2.00 bits per heavy atom. The predicted octanol–water partition coefficient (Wildman–Crippen LogP) is 2.56. The van der Waals surface area contributed by atoms with E-state index in [0.717, 1.165) is 10.1 Å². The number of nitrogens with one attached hydrogen (secondary N) is 2. The molecule has 0 amide bonds. The van der Waals surface area contributed by atoms with Gasteiger partial charge >= 0.3 is 11.4 Å². The Morgan fingerprint density at radius 3 is 2.61 bits per heavy atom. The molecule has 2 N–H and O–H groups in total. The second-order valence-electron chi connectivity index (χ2n) is 6.45. The molecule has 23 heavy (non-hydrogen) atoms. The van der Waals surface area contributed by atoms with Crippen molar-refractivity contribution in [1.29, 1.82) is 0 Å². The zero-order valence-electron chi connectivity index (χ0n) is 13.7. The molecule has 0 aliphatic heterocycles. The van der Waals surface area contributed by atoms with Crippen LogP contribution in [0.5, 0.6) is 0 Å². The Kier molecular flexibility index (Phi) is 4.07. The predicted molar refractivity (Wildman–Crippen MR) is 90.0 cm³/mol. The molecule has 0 saturated heterocycles. The van der Waals surface area contributed by atoms with Crippen molar-refractivity contribution in [2.45, 2.75) is 51.6 Å². The van der Waals surface area contributed by atoms with Gasteiger partial charge in [-0.15, -0.1) is 0 Å². The lowest BCUT2D eigenvalue weighted by Crippen LogP contribution is -2.39. The van der Waals surface area contributed by atoms with Crippen molar-refractivity contribution in [2.24, 2.45) is 0 Å². The van der Waals surface area contributed by atoms with Crippen molar-refractivity contribution < 1.29 is 0 Å². The van der Waals surface area contributed by atoms with Gasteiger partial charge < -0.3 is 5.32 Å². The number of H-pyrrole nitrogens is 1. The lowest BCUT2D eigenvalue weighted by Gasteiger charge is -2.16. The highest BCUT2D eigenvalue weighted by molar-refractivity contribution is 5.35. The number of rotatable bonds is 5. The number of aromatic amines is 1. The molecule has 6 heteroatoms. The summed E-state index contributed by atoms with van der Waals surface area (Å²) in [6.45, 7) is 5.54. The highest BCUT2D eigenvalue weighted by Crippen LogP contribution is 2.40. The summed E-state index contributed by atoms with van der Waals surface area (Å²) < 4.78 is 1.10. The summed E-state index contributed by atoms with van der Waals surface area (Å²) in [4.78, 5) is 30.5. The van der Waals surface area contributed by atoms with Crippen molar-refractivity contribution >= 4 is 5.95 Å². The zero-order valence-corrected chi connectivity index (χ0v) is 13.7. The van der Waals surface area contributed by atoms with E-state index in [1.54, 1.807) is 13.8 Å². The second kappa shape index (κ2) is 6.02. The summed E-state index contributed by atoms with van der Waals surface area (Å²) in [5.41, 5.74) is 1.49. The van der Waals surface area contributed by atoms with E-state index in [-0.39, 0.29) is 18.0 Å². The summed E-state index contributed by atoms with van der Waals surface area (Å²) >= 11 is 0. The third-order valence-electron chi connectivity index (χ3n) is 4.19. The normalized spacial score (nSPS) is 15.7. The van der Waals surface area contributed by atoms with Crippen LogP contribution in [0.1, 0.15) is 62.7 Å². The van der Waals surface area contributed by atoms with E-state index >= 15 is 0 Å². The van der Waals surface area contributed by atoms with Crippen molar-refractivity contribution in [3.63, 3.8) is 0 Å². The van der Waals surface area contributed by atoms with Crippen molar-refractivity contribution in [3.8, 4) is 0 Å². The maximum Gasteiger partial charge on any atom is 0.355 e. The van der Waals surface area contributed by atoms with E-state index in [1.165, 1.54) is 18.4 Å². The van der Waals surface area contributed by atoms with E-state index in [1.807, 2.05) is 19.1 Å². The Labute approximate surface area is 134 Å². The molecule has 0 radical (unpaired) electrons. The quantitative estimate of drug-likeness (QED) is 0.889. The molecule has 1 fully saturated rings. The van der Waals surface area contributed by atoms with Crippen molar-refractivity contribution in [1.82, 2.24) is 14.5 Å². The van der Waals surface area contributed by atoms with Crippen LogP contribution in [0.15, 0.2) is 33.9 Å². The third kappa shape index (κ3) is 3.36. The van der Waals surface area contributed by atoms with Gasteiger partial charge in [0, 0.05) is 6.04 Å². The fourth-order valence-corrected chi connectivity index (χ4v) is 2.74. The number of hydrogen-bond acceptors (Lipinski definition) is 4. The molecule has 1 saturated carbocycles. The molecule has 0 bridgehead atoms. The SMILES string of the molecule is CC(C)n1c(=O)nc(N[C@@H](C)c2cccc(C3CC3)c2)[nH]c1=O. The van der Waals surface area contributed by atoms with Crippen LogP contribution in [0.4, 0.5) is 5.95 Å². The fraction of sp³-hybridized carbons (Fsp3) is 0.471. The Bertz CT molecular complexity index is 787. The third-order valence-corrected chi connectivity index (χ3v) is 4.19. The van der Waals surface area contributed by atoms with Crippen molar-refractivity contribution in [2.75, 3.05) is 5.32 Å². The van der Waals surface area contributed by atoms with Gasteiger partial charge in [-0.3, -0.25) is 4.98 Å². The first-order chi connectivity index (χ1) is 11.0. The topological polar surface area (TPSA) is 79.8 Å². The van der Waals surface area contributed by atoms with Gasteiger partial charge in [-0.25, -0.2) is 14.2 Å². The van der Waals surface area contributed by atoms with Gasteiger partial charge in [-0.1, -0.05) is 24.3 Å². The van der Waals surface area contributed by atoms with Crippen LogP contribution < -0.4 is 16.7 Å². The number of hydrogen-bond donors (Lipinski definition) is 2. The van der Waals surface area contributed by atoms with Gasteiger partial charge in [0.2, 0.25) is 5.95 Å². The van der Waals surface area contributed by atoms with Gasteiger partial charge in [0.05, 0.1) is 6.04 Å². The summed E-state index contributed by atoms with van der Waals surface area (Å²) in [5.74, 6) is 0.899. The minimum atomic E-state index is -0.537. The highest BCUT2D eigenvalue weighted by Gasteiger charge is 2.23. The lowest BCUT2D eigenvalue weighted by atomic mass is 10.0. The molecule has 1 aromatic heterocycles. The highest BCUT2D eigenvalue weighted by atomic mass is 16.2. The van der Waals surface area contributed by atoms with Gasteiger partial charge in [0.15, 0.2) is 0 Å². The average Bonchev–Trinajstić information content (AvgIpc) is 3.30. The van der Waals surface area contributed by atoms with Crippen LogP contribution in [0, 0.1) is 0 Å². The number of nitrogens with zero attached hydrogens (tertiary/aromatic N) is 2. The van der Waals surface area contributed by atoms with Crippen LogP contribution in [0.2, 0.25) is 0 Å². The minimum absolute atomic E-state index is 0.0499. The number of benzene rings is 1.